The molecule has 2 heterocycles. The fourth-order valence-electron chi connectivity index (χ4n) is 2.28. The number of nitrogen functional groups attached to an aromatic ring is 1. The molecule has 1 aromatic rings. The number of rotatable bonds is 5. The molecule has 0 aromatic carbocycles. The number of anilines is 1. The van der Waals surface area contributed by atoms with Crippen molar-refractivity contribution in [3.63, 3.8) is 0 Å². The van der Waals surface area contributed by atoms with Crippen LogP contribution in [0.4, 0.5) is 5.69 Å². The molecule has 1 aliphatic rings. The van der Waals surface area contributed by atoms with E-state index in [4.69, 9.17) is 10.8 Å². The minimum Gasteiger partial charge on any atom is -0.396 e. The number of aliphatic hydroxyl groups is 2. The summed E-state index contributed by atoms with van der Waals surface area (Å²) in [5.41, 5.74) is 6.16. The number of β-amino-alcohol motifs (C(OH)–C–C–N with tert-alkyl or cyclic N) is 1. The second kappa shape index (κ2) is 5.48. The van der Waals surface area contributed by atoms with Crippen molar-refractivity contribution in [2.75, 3.05) is 32.0 Å². The predicted molar refractivity (Wildman–Crippen MR) is 64.3 cm³/mol. The van der Waals surface area contributed by atoms with Crippen molar-refractivity contribution in [2.24, 2.45) is 5.92 Å². The van der Waals surface area contributed by atoms with Crippen LogP contribution in [0.15, 0.2) is 12.4 Å². The molecule has 1 fully saturated rings. The molecule has 1 aliphatic heterocycles. The first-order valence-corrected chi connectivity index (χ1v) is 5.96. The van der Waals surface area contributed by atoms with Gasteiger partial charge in [-0.1, -0.05) is 0 Å². The first kappa shape index (κ1) is 12.3. The smallest absolute Gasteiger partial charge is 0.0862 e. The quantitative estimate of drug-likeness (QED) is 0.623. The van der Waals surface area contributed by atoms with E-state index in [0.29, 0.717) is 24.7 Å². The highest BCUT2D eigenvalue weighted by Crippen LogP contribution is 2.15. The standard InChI is InChI=1S/C11H20N4O2/c12-10-3-13-15(5-10)7-11(17)6-14-2-1-9(4-14)8-16/h3,5,9,11,16-17H,1-2,4,6-8,12H2. The average molecular weight is 240 g/mol. The molecule has 0 saturated carbocycles. The summed E-state index contributed by atoms with van der Waals surface area (Å²) in [4.78, 5) is 2.18. The second-order valence-corrected chi connectivity index (χ2v) is 4.75. The highest BCUT2D eigenvalue weighted by Gasteiger charge is 2.23. The normalized spacial score (nSPS) is 23.1. The van der Waals surface area contributed by atoms with Gasteiger partial charge in [0, 0.05) is 25.9 Å². The molecule has 1 aromatic heterocycles. The highest BCUT2D eigenvalue weighted by atomic mass is 16.3. The maximum absolute atomic E-state index is 9.93. The topological polar surface area (TPSA) is 87.5 Å². The summed E-state index contributed by atoms with van der Waals surface area (Å²) in [7, 11) is 0. The molecule has 0 radical (unpaired) electrons. The molecule has 0 spiro atoms. The largest absolute Gasteiger partial charge is 0.396 e. The lowest BCUT2D eigenvalue weighted by Gasteiger charge is -2.19. The van der Waals surface area contributed by atoms with Crippen LogP contribution in [0.5, 0.6) is 0 Å². The van der Waals surface area contributed by atoms with E-state index in [9.17, 15) is 5.11 Å². The molecule has 2 atom stereocenters. The molecule has 96 valence electrons. The second-order valence-electron chi connectivity index (χ2n) is 4.75. The van der Waals surface area contributed by atoms with Gasteiger partial charge in [0.05, 0.1) is 24.5 Å². The summed E-state index contributed by atoms with van der Waals surface area (Å²) < 4.78 is 1.65. The van der Waals surface area contributed by atoms with Crippen molar-refractivity contribution in [1.29, 1.82) is 0 Å². The summed E-state index contributed by atoms with van der Waals surface area (Å²) in [6.45, 7) is 3.13. The number of likely N-dealkylation sites (tertiary alicyclic amines) is 1. The van der Waals surface area contributed by atoms with Crippen LogP contribution in [0.25, 0.3) is 0 Å². The van der Waals surface area contributed by atoms with Crippen molar-refractivity contribution in [2.45, 2.75) is 19.1 Å². The van der Waals surface area contributed by atoms with Crippen molar-refractivity contribution in [3.05, 3.63) is 12.4 Å². The maximum atomic E-state index is 9.93. The fraction of sp³-hybridized carbons (Fsp3) is 0.727. The minimum absolute atomic E-state index is 0.238. The SMILES string of the molecule is Nc1cnn(CC(O)CN2CCC(CO)C2)c1. The number of aromatic nitrogens is 2. The molecule has 4 N–H and O–H groups in total. The van der Waals surface area contributed by atoms with Crippen molar-refractivity contribution in [1.82, 2.24) is 14.7 Å². The summed E-state index contributed by atoms with van der Waals surface area (Å²) >= 11 is 0. The van der Waals surface area contributed by atoms with E-state index in [-0.39, 0.29) is 6.61 Å². The van der Waals surface area contributed by atoms with Crippen molar-refractivity contribution >= 4 is 5.69 Å². The van der Waals surface area contributed by atoms with Crippen LogP contribution >= 0.6 is 0 Å². The van der Waals surface area contributed by atoms with Gasteiger partial charge >= 0.3 is 0 Å². The zero-order valence-corrected chi connectivity index (χ0v) is 9.87. The van der Waals surface area contributed by atoms with Crippen molar-refractivity contribution in [3.8, 4) is 0 Å². The molecule has 0 aliphatic carbocycles. The Labute approximate surface area is 101 Å². The number of hydrogen-bond acceptors (Lipinski definition) is 5. The summed E-state index contributed by atoms with van der Waals surface area (Å²) in [5, 5.41) is 23.0. The molecule has 6 nitrogen and oxygen atoms in total. The van der Waals surface area contributed by atoms with Gasteiger partial charge in [-0.3, -0.25) is 4.68 Å². The van der Waals surface area contributed by atoms with E-state index in [1.54, 1.807) is 17.1 Å². The summed E-state index contributed by atoms with van der Waals surface area (Å²) in [5.74, 6) is 0.363. The van der Waals surface area contributed by atoms with E-state index in [1.807, 2.05) is 0 Å². The van der Waals surface area contributed by atoms with Gasteiger partial charge in [0.25, 0.3) is 0 Å². The van der Waals surface area contributed by atoms with Gasteiger partial charge in [0.2, 0.25) is 0 Å². The van der Waals surface area contributed by atoms with Gasteiger partial charge in [-0.15, -0.1) is 0 Å². The van der Waals surface area contributed by atoms with Crippen LogP contribution in [0, 0.1) is 5.92 Å². The van der Waals surface area contributed by atoms with Gasteiger partial charge in [-0.2, -0.15) is 5.10 Å². The molecule has 2 rings (SSSR count). The van der Waals surface area contributed by atoms with Crippen LogP contribution in [-0.2, 0) is 6.54 Å². The van der Waals surface area contributed by atoms with Crippen LogP contribution < -0.4 is 5.73 Å². The van der Waals surface area contributed by atoms with Gasteiger partial charge in [0.1, 0.15) is 0 Å². The Morgan fingerprint density at radius 2 is 2.35 bits per heavy atom. The Morgan fingerprint density at radius 3 is 2.94 bits per heavy atom. The molecular weight excluding hydrogens is 220 g/mol. The zero-order valence-electron chi connectivity index (χ0n) is 9.87. The number of nitrogens with two attached hydrogens (primary N) is 1. The minimum atomic E-state index is -0.452. The molecule has 0 amide bonds. The highest BCUT2D eigenvalue weighted by molar-refractivity contribution is 5.30. The monoisotopic (exact) mass is 240 g/mol. The van der Waals surface area contributed by atoms with E-state index < -0.39 is 6.10 Å². The Balaban J connectivity index is 1.76. The van der Waals surface area contributed by atoms with E-state index in [1.165, 1.54) is 0 Å². The lowest BCUT2D eigenvalue weighted by atomic mass is 10.1. The first-order valence-electron chi connectivity index (χ1n) is 5.96. The lowest BCUT2D eigenvalue weighted by Crippen LogP contribution is -2.33. The average Bonchev–Trinajstić information content (AvgIpc) is 2.88. The van der Waals surface area contributed by atoms with Gasteiger partial charge < -0.3 is 20.8 Å². The summed E-state index contributed by atoms with van der Waals surface area (Å²) in [6, 6.07) is 0. The Morgan fingerprint density at radius 1 is 1.53 bits per heavy atom. The third-order valence-electron chi connectivity index (χ3n) is 3.15. The van der Waals surface area contributed by atoms with Gasteiger partial charge in [-0.05, 0) is 18.9 Å². The third-order valence-corrected chi connectivity index (χ3v) is 3.15. The molecule has 2 unspecified atom stereocenters. The Bertz CT molecular complexity index is 355. The molecule has 6 heteroatoms. The Kier molecular flexibility index (Phi) is 3.98. The molecule has 17 heavy (non-hydrogen) atoms. The van der Waals surface area contributed by atoms with Crippen LogP contribution in [0.2, 0.25) is 0 Å². The lowest BCUT2D eigenvalue weighted by molar-refractivity contribution is 0.102. The third kappa shape index (κ3) is 3.42. The Hall–Kier alpha value is -1.11. The number of aliphatic hydroxyl groups excluding tert-OH is 2. The van der Waals surface area contributed by atoms with E-state index in [0.717, 1.165) is 19.5 Å². The summed E-state index contributed by atoms with van der Waals surface area (Å²) in [6.07, 6.45) is 3.85. The molecular formula is C11H20N4O2. The van der Waals surface area contributed by atoms with E-state index >= 15 is 0 Å². The molecule has 1 saturated heterocycles. The van der Waals surface area contributed by atoms with Crippen LogP contribution in [0.3, 0.4) is 0 Å². The van der Waals surface area contributed by atoms with Crippen LogP contribution in [0.1, 0.15) is 6.42 Å². The number of nitrogens with zero attached hydrogens (tertiary/aromatic N) is 3. The number of hydrogen-bond donors (Lipinski definition) is 3. The fourth-order valence-corrected chi connectivity index (χ4v) is 2.28. The van der Waals surface area contributed by atoms with Crippen molar-refractivity contribution < 1.29 is 10.2 Å². The van der Waals surface area contributed by atoms with Gasteiger partial charge in [-0.25, -0.2) is 0 Å². The molecule has 0 bridgehead atoms. The zero-order chi connectivity index (χ0) is 12.3. The van der Waals surface area contributed by atoms with Crippen LogP contribution in [-0.4, -0.2) is 57.2 Å². The van der Waals surface area contributed by atoms with E-state index in [2.05, 4.69) is 10.00 Å². The first-order chi connectivity index (χ1) is 8.17. The predicted octanol–water partition coefficient (Wildman–Crippen LogP) is -0.860. The van der Waals surface area contributed by atoms with Gasteiger partial charge in [0.15, 0.2) is 0 Å². The maximum Gasteiger partial charge on any atom is 0.0862 e.